The largest absolute Gasteiger partial charge is 0.462 e. The summed E-state index contributed by atoms with van der Waals surface area (Å²) < 4.78 is 12.6. The van der Waals surface area contributed by atoms with E-state index in [1.807, 2.05) is 60.1 Å². The predicted octanol–water partition coefficient (Wildman–Crippen LogP) is 5.09. The molecule has 0 N–H and O–H groups in total. The Kier molecular flexibility index (Phi) is 6.61. The minimum Gasteiger partial charge on any atom is -0.462 e. The van der Waals surface area contributed by atoms with Crippen LogP contribution in [0, 0.1) is 6.92 Å². The standard InChI is InChI=1S/C23H26N2O3/c1-4-5-15-28-23(26)20-14-10-9-13-19(20)21-17(2)22(25(24-21)16-27-3)18-11-7-6-8-12-18/h6-14H,4-5,15-16H2,1-3H3. The summed E-state index contributed by atoms with van der Waals surface area (Å²) in [5, 5.41) is 4.77. The zero-order valence-corrected chi connectivity index (χ0v) is 16.6. The second-order valence-electron chi connectivity index (χ2n) is 6.64. The molecule has 0 saturated carbocycles. The lowest BCUT2D eigenvalue weighted by Crippen LogP contribution is -2.08. The van der Waals surface area contributed by atoms with Gasteiger partial charge in [0.2, 0.25) is 0 Å². The first-order valence-corrected chi connectivity index (χ1v) is 9.55. The summed E-state index contributed by atoms with van der Waals surface area (Å²) in [6.45, 7) is 4.85. The van der Waals surface area contributed by atoms with Gasteiger partial charge in [-0.2, -0.15) is 5.10 Å². The number of ether oxygens (including phenoxy) is 2. The molecule has 0 aliphatic carbocycles. The first-order chi connectivity index (χ1) is 13.7. The molecule has 146 valence electrons. The number of methoxy groups -OCH3 is 1. The van der Waals surface area contributed by atoms with Gasteiger partial charge in [0.1, 0.15) is 6.73 Å². The number of nitrogens with zero attached hydrogens (tertiary/aromatic N) is 2. The molecular formula is C23H26N2O3. The molecule has 2 aromatic carbocycles. The molecule has 5 heteroatoms. The molecule has 0 spiro atoms. The van der Waals surface area contributed by atoms with Gasteiger partial charge in [-0.1, -0.05) is 61.9 Å². The maximum atomic E-state index is 12.6. The molecule has 0 atom stereocenters. The van der Waals surface area contributed by atoms with Crippen LogP contribution in [0.25, 0.3) is 22.5 Å². The highest BCUT2D eigenvalue weighted by Crippen LogP contribution is 2.33. The molecule has 0 amide bonds. The molecule has 5 nitrogen and oxygen atoms in total. The van der Waals surface area contributed by atoms with E-state index < -0.39 is 0 Å². The van der Waals surface area contributed by atoms with Gasteiger partial charge in [-0.25, -0.2) is 9.48 Å². The van der Waals surface area contributed by atoms with Crippen LogP contribution in [0.4, 0.5) is 0 Å². The third kappa shape index (κ3) is 4.15. The number of esters is 1. The van der Waals surface area contributed by atoms with Gasteiger partial charge in [0.15, 0.2) is 0 Å². The van der Waals surface area contributed by atoms with Crippen molar-refractivity contribution in [3.8, 4) is 22.5 Å². The third-order valence-corrected chi connectivity index (χ3v) is 4.62. The van der Waals surface area contributed by atoms with Crippen LogP contribution in [0.3, 0.4) is 0 Å². The van der Waals surface area contributed by atoms with Crippen molar-refractivity contribution < 1.29 is 14.3 Å². The van der Waals surface area contributed by atoms with Gasteiger partial charge in [0.25, 0.3) is 0 Å². The quantitative estimate of drug-likeness (QED) is 0.405. The minimum atomic E-state index is -0.314. The Bertz CT molecular complexity index is 932. The zero-order valence-electron chi connectivity index (χ0n) is 16.6. The van der Waals surface area contributed by atoms with Crippen LogP contribution in [0.5, 0.6) is 0 Å². The van der Waals surface area contributed by atoms with Gasteiger partial charge in [0.05, 0.1) is 23.6 Å². The van der Waals surface area contributed by atoms with E-state index in [0.29, 0.717) is 18.9 Å². The van der Waals surface area contributed by atoms with Crippen molar-refractivity contribution in [2.24, 2.45) is 0 Å². The number of hydrogen-bond donors (Lipinski definition) is 0. The second-order valence-corrected chi connectivity index (χ2v) is 6.64. The summed E-state index contributed by atoms with van der Waals surface area (Å²) in [6.07, 6.45) is 1.84. The Morgan fingerprint density at radius 2 is 1.79 bits per heavy atom. The van der Waals surface area contributed by atoms with Crippen molar-refractivity contribution in [2.45, 2.75) is 33.4 Å². The summed E-state index contributed by atoms with van der Waals surface area (Å²) in [6, 6.07) is 17.5. The van der Waals surface area contributed by atoms with E-state index in [9.17, 15) is 4.79 Å². The highest BCUT2D eigenvalue weighted by molar-refractivity contribution is 5.97. The lowest BCUT2D eigenvalue weighted by molar-refractivity contribution is 0.0500. The smallest absolute Gasteiger partial charge is 0.338 e. The van der Waals surface area contributed by atoms with Crippen LogP contribution >= 0.6 is 0 Å². The summed E-state index contributed by atoms with van der Waals surface area (Å²) in [7, 11) is 1.64. The van der Waals surface area contributed by atoms with E-state index in [2.05, 4.69) is 6.92 Å². The summed E-state index contributed by atoms with van der Waals surface area (Å²) >= 11 is 0. The van der Waals surface area contributed by atoms with Crippen molar-refractivity contribution in [1.29, 1.82) is 0 Å². The highest BCUT2D eigenvalue weighted by Gasteiger charge is 2.21. The number of carbonyl (C=O) groups is 1. The molecule has 0 radical (unpaired) electrons. The van der Waals surface area contributed by atoms with Gasteiger partial charge >= 0.3 is 5.97 Å². The lowest BCUT2D eigenvalue weighted by Gasteiger charge is -2.09. The first kappa shape index (κ1) is 19.8. The molecule has 3 rings (SSSR count). The molecule has 0 aliphatic heterocycles. The summed E-state index contributed by atoms with van der Waals surface area (Å²) in [5.74, 6) is -0.314. The van der Waals surface area contributed by atoms with Gasteiger partial charge in [0, 0.05) is 23.8 Å². The van der Waals surface area contributed by atoms with Crippen LogP contribution in [0.2, 0.25) is 0 Å². The average molecular weight is 378 g/mol. The molecule has 0 unspecified atom stereocenters. The fourth-order valence-corrected chi connectivity index (χ4v) is 3.24. The number of aromatic nitrogens is 2. The number of benzene rings is 2. The second kappa shape index (κ2) is 9.33. The third-order valence-electron chi connectivity index (χ3n) is 4.62. The molecule has 1 aromatic heterocycles. The number of carbonyl (C=O) groups excluding carboxylic acids is 1. The number of hydrogen-bond acceptors (Lipinski definition) is 4. The topological polar surface area (TPSA) is 53.3 Å². The van der Waals surface area contributed by atoms with E-state index in [4.69, 9.17) is 14.6 Å². The maximum Gasteiger partial charge on any atom is 0.338 e. The van der Waals surface area contributed by atoms with E-state index >= 15 is 0 Å². The monoisotopic (exact) mass is 378 g/mol. The van der Waals surface area contributed by atoms with Crippen LogP contribution in [-0.4, -0.2) is 29.5 Å². The van der Waals surface area contributed by atoms with Gasteiger partial charge in [-0.15, -0.1) is 0 Å². The molecule has 0 aliphatic rings. The fourth-order valence-electron chi connectivity index (χ4n) is 3.24. The van der Waals surface area contributed by atoms with Crippen molar-refractivity contribution in [1.82, 2.24) is 9.78 Å². The van der Waals surface area contributed by atoms with Gasteiger partial charge in [-0.3, -0.25) is 0 Å². The van der Waals surface area contributed by atoms with Crippen molar-refractivity contribution in [3.05, 3.63) is 65.7 Å². The summed E-state index contributed by atoms with van der Waals surface area (Å²) in [5.41, 5.74) is 5.10. The van der Waals surface area contributed by atoms with E-state index in [1.54, 1.807) is 13.2 Å². The molecule has 3 aromatic rings. The summed E-state index contributed by atoms with van der Waals surface area (Å²) in [4.78, 5) is 12.6. The van der Waals surface area contributed by atoms with Crippen molar-refractivity contribution in [3.63, 3.8) is 0 Å². The normalized spacial score (nSPS) is 10.8. The Labute approximate surface area is 165 Å². The lowest BCUT2D eigenvalue weighted by atomic mass is 9.99. The van der Waals surface area contributed by atoms with Crippen LogP contribution in [0.1, 0.15) is 35.7 Å². The maximum absolute atomic E-state index is 12.6. The van der Waals surface area contributed by atoms with Crippen LogP contribution < -0.4 is 0 Å². The average Bonchev–Trinajstić information content (AvgIpc) is 3.05. The number of rotatable bonds is 8. The molecule has 0 saturated heterocycles. The molecule has 0 bridgehead atoms. The van der Waals surface area contributed by atoms with Crippen molar-refractivity contribution >= 4 is 5.97 Å². The van der Waals surface area contributed by atoms with E-state index in [0.717, 1.165) is 40.9 Å². The SMILES string of the molecule is CCCCOC(=O)c1ccccc1-c1nn(COC)c(-c2ccccc2)c1C. The molecule has 1 heterocycles. The fraction of sp³-hybridized carbons (Fsp3) is 0.304. The zero-order chi connectivity index (χ0) is 19.9. The predicted molar refractivity (Wildman–Crippen MR) is 110 cm³/mol. The Morgan fingerprint density at radius 3 is 2.50 bits per heavy atom. The van der Waals surface area contributed by atoms with Gasteiger partial charge < -0.3 is 9.47 Å². The van der Waals surface area contributed by atoms with E-state index in [-0.39, 0.29) is 5.97 Å². The Morgan fingerprint density at radius 1 is 1.07 bits per heavy atom. The molecule has 28 heavy (non-hydrogen) atoms. The Hall–Kier alpha value is -2.92. The minimum absolute atomic E-state index is 0.314. The van der Waals surface area contributed by atoms with Crippen molar-refractivity contribution in [2.75, 3.05) is 13.7 Å². The Balaban J connectivity index is 2.07. The highest BCUT2D eigenvalue weighted by atomic mass is 16.5. The van der Waals surface area contributed by atoms with E-state index in [1.165, 1.54) is 0 Å². The first-order valence-electron chi connectivity index (χ1n) is 9.55. The number of unbranched alkanes of at least 4 members (excludes halogenated alkanes) is 1. The van der Waals surface area contributed by atoms with Crippen LogP contribution in [-0.2, 0) is 16.2 Å². The molecular weight excluding hydrogens is 352 g/mol. The molecule has 0 fully saturated rings. The van der Waals surface area contributed by atoms with Crippen LogP contribution in [0.15, 0.2) is 54.6 Å². The van der Waals surface area contributed by atoms with Gasteiger partial charge in [-0.05, 0) is 19.4 Å².